The predicted octanol–water partition coefficient (Wildman–Crippen LogP) is 8.68. The van der Waals surface area contributed by atoms with Gasteiger partial charge in [0.25, 0.3) is 10.1 Å². The van der Waals surface area contributed by atoms with Crippen LogP contribution < -0.4 is 5.32 Å². The van der Waals surface area contributed by atoms with E-state index in [0.717, 1.165) is 16.8 Å². The predicted molar refractivity (Wildman–Crippen MR) is 192 cm³/mol. The molecule has 0 aliphatic carbocycles. The van der Waals surface area contributed by atoms with Crippen LogP contribution in [0.2, 0.25) is 0 Å². The molecule has 0 fully saturated rings. The van der Waals surface area contributed by atoms with Gasteiger partial charge in [0.15, 0.2) is 5.75 Å². The van der Waals surface area contributed by atoms with Crippen LogP contribution in [0.3, 0.4) is 0 Å². The molecule has 0 unspecified atom stereocenters. The number of aromatic carboxylic acids is 1. The van der Waals surface area contributed by atoms with E-state index >= 15 is 0 Å². The number of nitrogens with one attached hydrogen (secondary N) is 1. The van der Waals surface area contributed by atoms with Crippen molar-refractivity contribution in [2.45, 2.75) is 4.90 Å². The third-order valence-electron chi connectivity index (χ3n) is 7.22. The zero-order valence-corrected chi connectivity index (χ0v) is 31.6. The summed E-state index contributed by atoms with van der Waals surface area (Å²) < 4.78 is 34.4. The molecule has 0 saturated carbocycles. The minimum Gasteiger partial charge on any atom is -0.507 e. The smallest absolute Gasteiger partial charge is 0.339 e. The summed E-state index contributed by atoms with van der Waals surface area (Å²) in [4.78, 5) is 10.6. The Kier molecular flexibility index (Phi) is 12.7. The van der Waals surface area contributed by atoms with Crippen LogP contribution in [-0.4, -0.2) is 93.4 Å². The molecule has 0 aliphatic rings. The number of hydrogen-bond donors (Lipinski definition) is 5. The number of carboxylic acids is 1. The van der Waals surface area contributed by atoms with E-state index in [0.29, 0.717) is 27.8 Å². The number of benzene rings is 6. The van der Waals surface area contributed by atoms with Gasteiger partial charge in [-0.15, -0.1) is 5.11 Å². The summed E-state index contributed by atoms with van der Waals surface area (Å²) in [5.74, 6) is -2.09. The fourth-order valence-electron chi connectivity index (χ4n) is 4.82. The van der Waals surface area contributed by atoms with Crippen LogP contribution in [0.1, 0.15) is 10.4 Å². The van der Waals surface area contributed by atoms with Gasteiger partial charge in [0.1, 0.15) is 21.9 Å². The largest absolute Gasteiger partial charge is 0.507 e. The van der Waals surface area contributed by atoms with Crippen LogP contribution in [-0.2, 0) is 10.1 Å². The van der Waals surface area contributed by atoms with Gasteiger partial charge in [-0.05, 0) is 89.3 Å². The van der Waals surface area contributed by atoms with Gasteiger partial charge >= 0.3 is 5.97 Å². The number of carboxylic acid groups (broad SMARTS) is 1. The summed E-state index contributed by atoms with van der Waals surface area (Å²) in [6.07, 6.45) is 0. The fourth-order valence-corrected chi connectivity index (χ4v) is 5.48. The van der Waals surface area contributed by atoms with E-state index in [2.05, 4.69) is 25.8 Å². The average molecular weight is 706 g/mol. The van der Waals surface area contributed by atoms with Crippen LogP contribution in [0.15, 0.2) is 147 Å². The molecule has 5 N–H and O–H groups in total. The van der Waals surface area contributed by atoms with Gasteiger partial charge in [-0.3, -0.25) is 4.55 Å². The Morgan fingerprint density at radius 2 is 1.18 bits per heavy atom. The third-order valence-corrected chi connectivity index (χ3v) is 8.08. The number of azo groups is 2. The first kappa shape index (κ1) is 38.4. The fraction of sp³-hybridized carbons (Fsp3) is 0. The summed E-state index contributed by atoms with van der Waals surface area (Å²) in [6.45, 7) is 0. The Balaban J connectivity index is 0.00000281. The second kappa shape index (κ2) is 16.5. The summed E-state index contributed by atoms with van der Waals surface area (Å²) in [6, 6.07) is 33.5. The molecule has 6 aromatic carbocycles. The molecule has 15 heteroatoms. The van der Waals surface area contributed by atoms with Crippen LogP contribution in [0.5, 0.6) is 11.5 Å². The Morgan fingerprint density at radius 1 is 0.620 bits per heavy atom. The first-order chi connectivity index (χ1) is 23.0. The quantitative estimate of drug-likeness (QED) is 0.0560. The number of hydrogen-bond acceptors (Lipinski definition) is 10. The topological polar surface area (TPSA) is 194 Å². The van der Waals surface area contributed by atoms with Crippen LogP contribution in [0.4, 0.5) is 34.1 Å². The normalized spacial score (nSPS) is 11.3. The van der Waals surface area contributed by atoms with Crippen LogP contribution in [0.25, 0.3) is 21.9 Å². The van der Waals surface area contributed by atoms with Gasteiger partial charge in [0.05, 0.1) is 17.1 Å². The van der Waals surface area contributed by atoms with Crippen molar-refractivity contribution < 1.29 is 33.1 Å². The number of phenols is 2. The van der Waals surface area contributed by atoms with Crippen molar-refractivity contribution in [1.29, 1.82) is 0 Å². The average Bonchev–Trinajstić information content (AvgIpc) is 3.08. The minimum absolute atomic E-state index is 0. The maximum atomic E-state index is 12.2. The maximum Gasteiger partial charge on any atom is 0.339 e. The molecule has 0 aliphatic heterocycles. The molecular formula is C35H25N5Na2O7S. The van der Waals surface area contributed by atoms with Crippen molar-refractivity contribution in [2.75, 3.05) is 5.32 Å². The van der Waals surface area contributed by atoms with Gasteiger partial charge in [-0.25, -0.2) is 4.79 Å². The van der Waals surface area contributed by atoms with E-state index in [9.17, 15) is 28.0 Å². The van der Waals surface area contributed by atoms with E-state index < -0.39 is 32.4 Å². The van der Waals surface area contributed by atoms with Gasteiger partial charge in [-0.1, -0.05) is 48.5 Å². The monoisotopic (exact) mass is 705 g/mol. The molecule has 2 radical (unpaired) electrons. The van der Waals surface area contributed by atoms with Gasteiger partial charge < -0.3 is 20.6 Å². The van der Waals surface area contributed by atoms with Crippen molar-refractivity contribution in [1.82, 2.24) is 0 Å². The van der Waals surface area contributed by atoms with Crippen molar-refractivity contribution in [3.8, 4) is 22.6 Å². The molecular weight excluding hydrogens is 680 g/mol. The zero-order chi connectivity index (χ0) is 33.8. The Labute approximate surface area is 330 Å². The van der Waals surface area contributed by atoms with Gasteiger partial charge in [0, 0.05) is 75.9 Å². The Morgan fingerprint density at radius 3 is 1.76 bits per heavy atom. The standard InChI is InChI=1S/C35H25N5O7S.2Na/c41-31-17-16-28(20-30(31)35(43)44)39-37-25-11-6-21(7-12-25)22-8-13-26(14-9-22)38-40-33-32(48(45,46)47)18-23-10-15-27(19-29(23)34(33)42)36-24-4-2-1-3-5-24;;/h1-20,36,41-42H,(H,43,44)(H,45,46,47);;. The molecule has 12 nitrogen and oxygen atoms in total. The summed E-state index contributed by atoms with van der Waals surface area (Å²) in [7, 11) is -4.76. The molecule has 6 aromatic rings. The van der Waals surface area contributed by atoms with E-state index in [-0.39, 0.29) is 76.1 Å². The summed E-state index contributed by atoms with van der Waals surface area (Å²) >= 11 is 0. The van der Waals surface area contributed by atoms with Crippen LogP contribution in [0, 0.1) is 0 Å². The Bertz CT molecular complexity index is 2340. The van der Waals surface area contributed by atoms with Crippen molar-refractivity contribution >= 4 is 120 Å². The Hall–Kier alpha value is -4.44. The molecule has 50 heavy (non-hydrogen) atoms. The summed E-state index contributed by atoms with van der Waals surface area (Å²) in [5, 5.41) is 50.2. The van der Waals surface area contributed by atoms with E-state index in [1.165, 1.54) is 24.3 Å². The molecule has 240 valence electrons. The second-order valence-corrected chi connectivity index (χ2v) is 11.9. The maximum absolute atomic E-state index is 12.2. The van der Waals surface area contributed by atoms with Crippen molar-refractivity contribution in [3.63, 3.8) is 0 Å². The van der Waals surface area contributed by atoms with Crippen LogP contribution >= 0.6 is 0 Å². The number of para-hydroxylation sites is 1. The molecule has 0 atom stereocenters. The molecule has 6 rings (SSSR count). The van der Waals surface area contributed by atoms with E-state index in [1.54, 1.807) is 54.6 Å². The van der Waals surface area contributed by atoms with E-state index in [1.807, 2.05) is 42.5 Å². The summed E-state index contributed by atoms with van der Waals surface area (Å²) in [5.41, 5.74) is 3.60. The molecule has 0 amide bonds. The molecule has 0 bridgehead atoms. The number of fused-ring (bicyclic) bond motifs is 1. The molecule has 0 aromatic heterocycles. The molecule has 0 spiro atoms. The number of carbonyl (C=O) groups is 1. The van der Waals surface area contributed by atoms with Gasteiger partial charge in [0.2, 0.25) is 0 Å². The first-order valence-corrected chi connectivity index (χ1v) is 15.7. The van der Waals surface area contributed by atoms with Gasteiger partial charge in [-0.2, -0.15) is 23.8 Å². The number of anilines is 2. The number of nitrogens with zero attached hydrogens (tertiary/aromatic N) is 4. The van der Waals surface area contributed by atoms with Crippen molar-refractivity contribution in [3.05, 3.63) is 127 Å². The number of aromatic hydroxyl groups is 2. The third kappa shape index (κ3) is 9.01. The molecule has 0 saturated heterocycles. The molecule has 0 heterocycles. The zero-order valence-electron chi connectivity index (χ0n) is 26.8. The number of phenolic OH excluding ortho intramolecular Hbond substituents is 1. The second-order valence-electron chi connectivity index (χ2n) is 10.5. The first-order valence-electron chi connectivity index (χ1n) is 14.2. The minimum atomic E-state index is -4.76. The SMILES string of the molecule is O=C(O)c1cc(N=Nc2ccc(-c3ccc(N=Nc4c(S(=O)(=O)O)cc5ccc(Nc6ccccc6)cc5c4O)cc3)cc2)ccc1O.[Na].[Na]. The van der Waals surface area contributed by atoms with E-state index in [4.69, 9.17) is 5.11 Å². The number of rotatable bonds is 9. The van der Waals surface area contributed by atoms with Crippen molar-refractivity contribution in [2.24, 2.45) is 20.5 Å².